The lowest BCUT2D eigenvalue weighted by Gasteiger charge is -2.41. The minimum atomic E-state index is -1.03. The summed E-state index contributed by atoms with van der Waals surface area (Å²) in [5, 5.41) is 19.3. The fourth-order valence-electron chi connectivity index (χ4n) is 2.35. The van der Waals surface area contributed by atoms with E-state index in [0.717, 1.165) is 4.57 Å². The van der Waals surface area contributed by atoms with E-state index in [4.69, 9.17) is 15.2 Å². The van der Waals surface area contributed by atoms with Gasteiger partial charge in [-0.2, -0.15) is 4.98 Å². The van der Waals surface area contributed by atoms with Crippen LogP contribution in [0.4, 0.5) is 5.82 Å². The molecule has 98 valence electrons. The number of fused-ring (bicyclic) bond motifs is 1. The van der Waals surface area contributed by atoms with Crippen LogP contribution < -0.4 is 11.4 Å². The summed E-state index contributed by atoms with van der Waals surface area (Å²) in [6, 6.07) is 1.43. The maximum absolute atomic E-state index is 11.7. The number of nitrogen functional groups attached to an aromatic ring is 1. The number of ether oxygens (including phenoxy) is 2. The number of anilines is 1. The van der Waals surface area contributed by atoms with Crippen molar-refractivity contribution in [3.8, 4) is 0 Å². The molecule has 18 heavy (non-hydrogen) atoms. The smallest absolute Gasteiger partial charge is 0.351 e. The van der Waals surface area contributed by atoms with Crippen molar-refractivity contribution in [2.24, 2.45) is 0 Å². The molecule has 2 aliphatic heterocycles. The number of aliphatic hydroxyl groups is 2. The highest BCUT2D eigenvalue weighted by molar-refractivity contribution is 5.24. The third-order valence-corrected chi connectivity index (χ3v) is 3.38. The minimum absolute atomic E-state index is 0.0971. The summed E-state index contributed by atoms with van der Waals surface area (Å²) in [4.78, 5) is 15.2. The molecule has 4 atom stereocenters. The second-order valence-electron chi connectivity index (χ2n) is 4.50. The molecule has 4 N–H and O–H groups in total. The Bertz CT molecular complexity index is 528. The molecule has 8 nitrogen and oxygen atoms in total. The highest BCUT2D eigenvalue weighted by atomic mass is 16.7. The molecule has 1 aromatic rings. The monoisotopic (exact) mass is 255 g/mol. The number of nitrogens with zero attached hydrogens (tertiary/aromatic N) is 2. The summed E-state index contributed by atoms with van der Waals surface area (Å²) in [6.07, 6.45) is -1.19. The summed E-state index contributed by atoms with van der Waals surface area (Å²) in [5.41, 5.74) is 3.84. The van der Waals surface area contributed by atoms with Crippen LogP contribution in [0.25, 0.3) is 0 Å². The van der Waals surface area contributed by atoms with Gasteiger partial charge in [-0.05, 0) is 6.07 Å². The number of nitrogens with two attached hydrogens (primary N) is 1. The van der Waals surface area contributed by atoms with Crippen LogP contribution in [0.3, 0.4) is 0 Å². The van der Waals surface area contributed by atoms with Gasteiger partial charge in [-0.25, -0.2) is 4.79 Å². The molecule has 0 saturated carbocycles. The quantitative estimate of drug-likeness (QED) is 0.550. The maximum Gasteiger partial charge on any atom is 0.351 e. The first-order chi connectivity index (χ1) is 8.57. The standard InChI is InChI=1S/C10H13N3O5/c11-5-1-2-13(9(16)12-5)8-6(15)7-10(3-14,18-8)4-17-7/h1-2,6-8,14-15H,3-4H2,(H2,11,12,16)/t6-,7+,8-,10+/m1/s1. The number of hydrogen-bond donors (Lipinski definition) is 3. The van der Waals surface area contributed by atoms with Crippen LogP contribution in [0.2, 0.25) is 0 Å². The fraction of sp³-hybridized carbons (Fsp3) is 0.600. The lowest BCUT2D eigenvalue weighted by Crippen LogP contribution is -2.61. The molecule has 2 aliphatic rings. The molecule has 0 aromatic carbocycles. The van der Waals surface area contributed by atoms with Gasteiger partial charge in [0.2, 0.25) is 0 Å². The third kappa shape index (κ3) is 1.40. The zero-order chi connectivity index (χ0) is 12.9. The molecule has 3 heterocycles. The molecule has 1 aromatic heterocycles. The first-order valence-electron chi connectivity index (χ1n) is 5.50. The Morgan fingerprint density at radius 2 is 2.44 bits per heavy atom. The van der Waals surface area contributed by atoms with E-state index in [1.807, 2.05) is 0 Å². The van der Waals surface area contributed by atoms with E-state index in [0.29, 0.717) is 0 Å². The molecule has 8 heteroatoms. The van der Waals surface area contributed by atoms with Gasteiger partial charge in [-0.3, -0.25) is 4.57 Å². The van der Waals surface area contributed by atoms with E-state index in [1.165, 1.54) is 12.3 Å². The van der Waals surface area contributed by atoms with Crippen LogP contribution in [0.5, 0.6) is 0 Å². The van der Waals surface area contributed by atoms with E-state index in [2.05, 4.69) is 4.98 Å². The first kappa shape index (κ1) is 11.6. The third-order valence-electron chi connectivity index (χ3n) is 3.38. The average molecular weight is 255 g/mol. The van der Waals surface area contributed by atoms with E-state index < -0.39 is 29.7 Å². The van der Waals surface area contributed by atoms with Gasteiger partial charge in [0, 0.05) is 6.20 Å². The second-order valence-corrected chi connectivity index (χ2v) is 4.50. The Hall–Kier alpha value is -1.48. The van der Waals surface area contributed by atoms with E-state index in [1.54, 1.807) is 0 Å². The van der Waals surface area contributed by atoms with Gasteiger partial charge < -0.3 is 25.4 Å². The Labute approximate surface area is 102 Å². The predicted octanol–water partition coefficient (Wildman–Crippen LogP) is -2.15. The zero-order valence-electron chi connectivity index (χ0n) is 9.39. The van der Waals surface area contributed by atoms with Crippen molar-refractivity contribution in [1.82, 2.24) is 9.55 Å². The van der Waals surface area contributed by atoms with Crippen LogP contribution >= 0.6 is 0 Å². The van der Waals surface area contributed by atoms with Crippen LogP contribution in [0.1, 0.15) is 6.23 Å². The number of rotatable bonds is 2. The predicted molar refractivity (Wildman–Crippen MR) is 58.6 cm³/mol. The van der Waals surface area contributed by atoms with Crippen LogP contribution in [-0.4, -0.2) is 50.8 Å². The molecule has 2 fully saturated rings. The van der Waals surface area contributed by atoms with Gasteiger partial charge >= 0.3 is 5.69 Å². The molecule has 2 saturated heterocycles. The SMILES string of the molecule is Nc1ccn([C@@H]2O[C@@]3(CO)CO[C@H]3[C@H]2O)c(=O)n1. The Morgan fingerprint density at radius 1 is 1.67 bits per heavy atom. The van der Waals surface area contributed by atoms with Crippen molar-refractivity contribution in [3.63, 3.8) is 0 Å². The largest absolute Gasteiger partial charge is 0.393 e. The highest BCUT2D eigenvalue weighted by Crippen LogP contribution is 2.44. The molecule has 3 rings (SSSR count). The molecule has 0 amide bonds. The van der Waals surface area contributed by atoms with E-state index >= 15 is 0 Å². The average Bonchev–Trinajstić information content (AvgIpc) is 2.48. The molecule has 0 spiro atoms. The van der Waals surface area contributed by atoms with Crippen LogP contribution in [0, 0.1) is 0 Å². The summed E-state index contributed by atoms with van der Waals surface area (Å²) in [7, 11) is 0. The lowest BCUT2D eigenvalue weighted by atomic mass is 9.91. The summed E-state index contributed by atoms with van der Waals surface area (Å²) < 4.78 is 11.9. The Balaban J connectivity index is 1.96. The van der Waals surface area contributed by atoms with E-state index in [9.17, 15) is 15.0 Å². The van der Waals surface area contributed by atoms with Crippen LogP contribution in [-0.2, 0) is 9.47 Å². The minimum Gasteiger partial charge on any atom is -0.393 e. The lowest BCUT2D eigenvalue weighted by molar-refractivity contribution is -0.246. The number of hydrogen-bond acceptors (Lipinski definition) is 7. The number of aromatic nitrogens is 2. The Morgan fingerprint density at radius 3 is 2.94 bits per heavy atom. The normalized spacial score (nSPS) is 38.2. The van der Waals surface area contributed by atoms with Gasteiger partial charge in [-0.1, -0.05) is 0 Å². The molecular formula is C10H13N3O5. The van der Waals surface area contributed by atoms with Crippen molar-refractivity contribution < 1.29 is 19.7 Å². The van der Waals surface area contributed by atoms with Gasteiger partial charge in [0.05, 0.1) is 13.2 Å². The summed E-state index contributed by atoms with van der Waals surface area (Å²) in [5.74, 6) is 0.0971. The summed E-state index contributed by atoms with van der Waals surface area (Å²) in [6.45, 7) is -0.0821. The van der Waals surface area contributed by atoms with Gasteiger partial charge in [0.15, 0.2) is 6.23 Å². The molecule has 0 aliphatic carbocycles. The first-order valence-corrected chi connectivity index (χ1v) is 5.50. The topological polar surface area (TPSA) is 120 Å². The van der Waals surface area contributed by atoms with Gasteiger partial charge in [-0.15, -0.1) is 0 Å². The van der Waals surface area contributed by atoms with Gasteiger partial charge in [0.1, 0.15) is 23.6 Å². The van der Waals surface area contributed by atoms with Crippen LogP contribution in [0.15, 0.2) is 17.1 Å². The van der Waals surface area contributed by atoms with Gasteiger partial charge in [0.25, 0.3) is 0 Å². The highest BCUT2D eigenvalue weighted by Gasteiger charge is 2.62. The van der Waals surface area contributed by atoms with Crippen molar-refractivity contribution in [2.45, 2.75) is 24.0 Å². The molecule has 0 radical (unpaired) electrons. The molecule has 0 bridgehead atoms. The second kappa shape index (κ2) is 3.75. The van der Waals surface area contributed by atoms with E-state index in [-0.39, 0.29) is 19.0 Å². The van der Waals surface area contributed by atoms with Crippen molar-refractivity contribution >= 4 is 5.82 Å². The zero-order valence-corrected chi connectivity index (χ0v) is 9.39. The van der Waals surface area contributed by atoms with Crippen molar-refractivity contribution in [3.05, 3.63) is 22.7 Å². The maximum atomic E-state index is 11.7. The Kier molecular flexibility index (Phi) is 2.42. The molecule has 0 unspecified atom stereocenters. The number of aliphatic hydroxyl groups excluding tert-OH is 2. The van der Waals surface area contributed by atoms with Crippen molar-refractivity contribution in [2.75, 3.05) is 18.9 Å². The fourth-order valence-corrected chi connectivity index (χ4v) is 2.35. The summed E-state index contributed by atoms with van der Waals surface area (Å²) >= 11 is 0. The molecular weight excluding hydrogens is 242 g/mol. The van der Waals surface area contributed by atoms with Crippen molar-refractivity contribution in [1.29, 1.82) is 0 Å².